The molecule has 0 aromatic carbocycles. The van der Waals surface area contributed by atoms with Crippen molar-refractivity contribution in [1.29, 1.82) is 0 Å². The summed E-state index contributed by atoms with van der Waals surface area (Å²) in [4.78, 5) is 34.1. The highest BCUT2D eigenvalue weighted by atomic mass is 16.2. The highest BCUT2D eigenvalue weighted by Gasteiger charge is 2.29. The molecule has 5 heteroatoms. The topological polar surface area (TPSA) is 53.5 Å². The van der Waals surface area contributed by atoms with Gasteiger partial charge in [0.1, 0.15) is 11.6 Å². The number of hydrogen-bond acceptors (Lipinski definition) is 4. The molecule has 5 nitrogen and oxygen atoms in total. The SMILES string of the molecule is CC(C)CC(=O)[C@@H]1CCCN(C(=O)c2ccc(N3CCC(C)(C)CC3)nc2)C1. The Hall–Kier alpha value is -1.91. The van der Waals surface area contributed by atoms with Gasteiger partial charge in [0.05, 0.1) is 5.56 Å². The smallest absolute Gasteiger partial charge is 0.255 e. The molecule has 1 amide bonds. The summed E-state index contributed by atoms with van der Waals surface area (Å²) in [6.07, 6.45) is 6.43. The molecule has 1 aromatic heterocycles. The van der Waals surface area contributed by atoms with E-state index in [1.807, 2.05) is 17.0 Å². The molecular weight excluding hydrogens is 350 g/mol. The molecule has 0 aliphatic carbocycles. The van der Waals surface area contributed by atoms with Crippen molar-refractivity contribution in [2.75, 3.05) is 31.1 Å². The van der Waals surface area contributed by atoms with Crippen molar-refractivity contribution in [3.8, 4) is 0 Å². The average molecular weight is 386 g/mol. The van der Waals surface area contributed by atoms with Gasteiger partial charge in [-0.1, -0.05) is 27.7 Å². The van der Waals surface area contributed by atoms with E-state index >= 15 is 0 Å². The highest BCUT2D eigenvalue weighted by Crippen LogP contribution is 2.31. The van der Waals surface area contributed by atoms with E-state index in [1.54, 1.807) is 6.20 Å². The van der Waals surface area contributed by atoms with Crippen LogP contribution in [0.4, 0.5) is 5.82 Å². The van der Waals surface area contributed by atoms with Gasteiger partial charge in [0.2, 0.25) is 0 Å². The van der Waals surface area contributed by atoms with Crippen LogP contribution in [0, 0.1) is 17.3 Å². The molecule has 0 saturated carbocycles. The second kappa shape index (κ2) is 8.62. The van der Waals surface area contributed by atoms with Gasteiger partial charge >= 0.3 is 0 Å². The van der Waals surface area contributed by atoms with Crippen LogP contribution in [-0.4, -0.2) is 47.8 Å². The lowest BCUT2D eigenvalue weighted by Crippen LogP contribution is -2.42. The molecular formula is C23H35N3O2. The number of carbonyl (C=O) groups is 2. The predicted molar refractivity (Wildman–Crippen MR) is 113 cm³/mol. The van der Waals surface area contributed by atoms with Crippen LogP contribution in [0.2, 0.25) is 0 Å². The fraction of sp³-hybridized carbons (Fsp3) is 0.696. The molecule has 2 fully saturated rings. The molecule has 0 radical (unpaired) electrons. The number of aromatic nitrogens is 1. The Bertz CT molecular complexity index is 686. The number of pyridine rings is 1. The summed E-state index contributed by atoms with van der Waals surface area (Å²) in [5.74, 6) is 1.62. The second-order valence-electron chi connectivity index (χ2n) is 9.71. The minimum atomic E-state index is -0.0102. The Labute approximate surface area is 169 Å². The molecule has 0 unspecified atom stereocenters. The Kier molecular flexibility index (Phi) is 6.41. The van der Waals surface area contributed by atoms with Gasteiger partial charge in [-0.25, -0.2) is 4.98 Å². The van der Waals surface area contributed by atoms with Crippen molar-refractivity contribution in [3.05, 3.63) is 23.9 Å². The van der Waals surface area contributed by atoms with Crippen LogP contribution in [0.1, 0.15) is 70.2 Å². The summed E-state index contributed by atoms with van der Waals surface area (Å²) in [5, 5.41) is 0. The van der Waals surface area contributed by atoms with Crippen molar-refractivity contribution < 1.29 is 9.59 Å². The summed E-state index contributed by atoms with van der Waals surface area (Å²) in [6, 6.07) is 3.86. The third-order valence-corrected chi connectivity index (χ3v) is 6.21. The number of carbonyl (C=O) groups excluding carboxylic acids is 2. The predicted octanol–water partition coefficient (Wildman–Crippen LogP) is 4.18. The van der Waals surface area contributed by atoms with Crippen LogP contribution in [0.25, 0.3) is 0 Å². The minimum absolute atomic E-state index is 0.000810. The maximum atomic E-state index is 12.9. The summed E-state index contributed by atoms with van der Waals surface area (Å²) in [5.41, 5.74) is 1.03. The standard InChI is InChI=1S/C23H35N3O2/c1-17(2)14-20(27)19-6-5-11-26(16-19)22(28)18-7-8-21(24-15-18)25-12-9-23(3,4)10-13-25/h7-8,15,17,19H,5-6,9-14,16H2,1-4H3/t19-/m1/s1. The van der Waals surface area contributed by atoms with Crippen molar-refractivity contribution in [3.63, 3.8) is 0 Å². The summed E-state index contributed by atoms with van der Waals surface area (Å²) < 4.78 is 0. The molecule has 2 aliphatic heterocycles. The quantitative estimate of drug-likeness (QED) is 0.763. The van der Waals surface area contributed by atoms with Crippen LogP contribution in [0.3, 0.4) is 0 Å². The molecule has 1 aromatic rings. The van der Waals surface area contributed by atoms with E-state index in [2.05, 4.69) is 37.6 Å². The Morgan fingerprint density at radius 1 is 1.18 bits per heavy atom. The fourth-order valence-corrected chi connectivity index (χ4v) is 4.22. The Balaban J connectivity index is 1.60. The maximum absolute atomic E-state index is 12.9. The van der Waals surface area contributed by atoms with E-state index < -0.39 is 0 Å². The first-order chi connectivity index (χ1) is 13.2. The number of piperidine rings is 2. The van der Waals surface area contributed by atoms with Crippen molar-refractivity contribution in [2.24, 2.45) is 17.3 Å². The number of rotatable bonds is 5. The van der Waals surface area contributed by atoms with E-state index in [0.717, 1.165) is 51.1 Å². The van der Waals surface area contributed by atoms with Gasteiger partial charge in [0.25, 0.3) is 5.91 Å². The largest absolute Gasteiger partial charge is 0.357 e. The van der Waals surface area contributed by atoms with E-state index in [-0.39, 0.29) is 11.8 Å². The molecule has 0 N–H and O–H groups in total. The van der Waals surface area contributed by atoms with Crippen LogP contribution in [-0.2, 0) is 4.79 Å². The fourth-order valence-electron chi connectivity index (χ4n) is 4.22. The van der Waals surface area contributed by atoms with Gasteiger partial charge in [-0.3, -0.25) is 9.59 Å². The molecule has 0 bridgehead atoms. The van der Waals surface area contributed by atoms with Crippen LogP contribution in [0.15, 0.2) is 18.3 Å². The molecule has 2 saturated heterocycles. The van der Waals surface area contributed by atoms with Gasteiger partial charge in [-0.2, -0.15) is 0 Å². The number of amides is 1. The molecule has 28 heavy (non-hydrogen) atoms. The number of anilines is 1. The second-order valence-corrected chi connectivity index (χ2v) is 9.71. The van der Waals surface area contributed by atoms with Gasteiger partial charge in [-0.15, -0.1) is 0 Å². The first kappa shape index (κ1) is 20.8. The zero-order chi connectivity index (χ0) is 20.3. The lowest BCUT2D eigenvalue weighted by molar-refractivity contribution is -0.124. The third-order valence-electron chi connectivity index (χ3n) is 6.21. The van der Waals surface area contributed by atoms with Gasteiger partial charge in [0, 0.05) is 44.7 Å². The number of Topliss-reactive ketones (excluding diaryl/α,β-unsaturated/α-hetero) is 1. The van der Waals surface area contributed by atoms with Crippen LogP contribution in [0.5, 0.6) is 0 Å². The molecule has 154 valence electrons. The van der Waals surface area contributed by atoms with Gasteiger partial charge in [0.15, 0.2) is 0 Å². The number of nitrogens with zero attached hydrogens (tertiary/aromatic N) is 3. The maximum Gasteiger partial charge on any atom is 0.255 e. The lowest BCUT2D eigenvalue weighted by Gasteiger charge is -2.37. The number of hydrogen-bond donors (Lipinski definition) is 0. The van der Waals surface area contributed by atoms with Crippen LogP contribution < -0.4 is 4.90 Å². The summed E-state index contributed by atoms with van der Waals surface area (Å²) >= 11 is 0. The first-order valence-corrected chi connectivity index (χ1v) is 10.8. The normalized spacial score (nSPS) is 22.4. The lowest BCUT2D eigenvalue weighted by atomic mass is 9.83. The Morgan fingerprint density at radius 3 is 2.50 bits per heavy atom. The molecule has 0 spiro atoms. The van der Waals surface area contributed by atoms with Crippen LogP contribution >= 0.6 is 0 Å². The van der Waals surface area contributed by atoms with E-state index in [4.69, 9.17) is 0 Å². The summed E-state index contributed by atoms with van der Waals surface area (Å²) in [6.45, 7) is 12.1. The molecule has 3 rings (SSSR count). The molecule has 2 aliphatic rings. The van der Waals surface area contributed by atoms with E-state index in [1.165, 1.54) is 0 Å². The average Bonchev–Trinajstić information content (AvgIpc) is 2.67. The van der Waals surface area contributed by atoms with Crippen molar-refractivity contribution in [1.82, 2.24) is 9.88 Å². The number of ketones is 1. The van der Waals surface area contributed by atoms with E-state index in [0.29, 0.717) is 35.6 Å². The third kappa shape index (κ3) is 5.12. The molecule has 3 heterocycles. The van der Waals surface area contributed by atoms with Crippen molar-refractivity contribution >= 4 is 17.5 Å². The van der Waals surface area contributed by atoms with E-state index in [9.17, 15) is 9.59 Å². The minimum Gasteiger partial charge on any atom is -0.357 e. The summed E-state index contributed by atoms with van der Waals surface area (Å²) in [7, 11) is 0. The monoisotopic (exact) mass is 385 g/mol. The Morgan fingerprint density at radius 2 is 1.89 bits per heavy atom. The molecule has 1 atom stereocenters. The van der Waals surface area contributed by atoms with Crippen molar-refractivity contribution in [2.45, 2.75) is 59.8 Å². The van der Waals surface area contributed by atoms with Gasteiger partial charge in [-0.05, 0) is 49.1 Å². The zero-order valence-electron chi connectivity index (χ0n) is 17.9. The van der Waals surface area contributed by atoms with Gasteiger partial charge < -0.3 is 9.80 Å². The first-order valence-electron chi connectivity index (χ1n) is 10.8. The highest BCUT2D eigenvalue weighted by molar-refractivity contribution is 5.94. The number of likely N-dealkylation sites (tertiary alicyclic amines) is 1. The zero-order valence-corrected chi connectivity index (χ0v) is 17.9.